The minimum atomic E-state index is -0.516. The van der Waals surface area contributed by atoms with E-state index < -0.39 is 5.91 Å². The monoisotopic (exact) mass is 314 g/mol. The molecule has 0 unspecified atom stereocenters. The van der Waals surface area contributed by atoms with Crippen LogP contribution < -0.4 is 10.5 Å². The maximum absolute atomic E-state index is 11.5. The van der Waals surface area contributed by atoms with Gasteiger partial charge in [-0.3, -0.25) is 4.79 Å². The van der Waals surface area contributed by atoms with Crippen LogP contribution in [0.25, 0.3) is 5.00 Å². The van der Waals surface area contributed by atoms with Gasteiger partial charge in [0.2, 0.25) is 0 Å². The fourth-order valence-corrected chi connectivity index (χ4v) is 2.86. The molecule has 0 radical (unpaired) electrons. The van der Waals surface area contributed by atoms with Crippen LogP contribution in [0.3, 0.4) is 0 Å². The summed E-state index contributed by atoms with van der Waals surface area (Å²) >= 11 is 1.21. The summed E-state index contributed by atoms with van der Waals surface area (Å²) in [6.45, 7) is 0.465. The zero-order valence-corrected chi connectivity index (χ0v) is 12.5. The number of rotatable bonds is 6. The topological polar surface area (TPSA) is 83.0 Å². The van der Waals surface area contributed by atoms with Crippen LogP contribution in [0.5, 0.6) is 5.75 Å². The van der Waals surface area contributed by atoms with Crippen LogP contribution in [-0.2, 0) is 6.42 Å². The number of primary amides is 1. The molecule has 7 heteroatoms. The smallest absolute Gasteiger partial charge is 0.262 e. The summed E-state index contributed by atoms with van der Waals surface area (Å²) in [7, 11) is 0. The Kier molecular flexibility index (Phi) is 4.15. The van der Waals surface area contributed by atoms with Crippen molar-refractivity contribution in [3.05, 3.63) is 59.2 Å². The molecule has 0 aliphatic carbocycles. The predicted molar refractivity (Wildman–Crippen MR) is 83.4 cm³/mol. The van der Waals surface area contributed by atoms with Crippen molar-refractivity contribution in [1.82, 2.24) is 15.0 Å². The van der Waals surface area contributed by atoms with Gasteiger partial charge in [0.25, 0.3) is 5.91 Å². The van der Waals surface area contributed by atoms with Gasteiger partial charge in [-0.1, -0.05) is 30.3 Å². The first kappa shape index (κ1) is 14.3. The molecule has 0 aliphatic heterocycles. The molecule has 0 bridgehead atoms. The maximum atomic E-state index is 11.5. The second kappa shape index (κ2) is 6.40. The first-order valence-electron chi connectivity index (χ1n) is 6.71. The Hall–Kier alpha value is -2.67. The van der Waals surface area contributed by atoms with Gasteiger partial charge in [0.05, 0.1) is 19.0 Å². The van der Waals surface area contributed by atoms with Crippen molar-refractivity contribution in [2.75, 3.05) is 6.61 Å². The van der Waals surface area contributed by atoms with Crippen LogP contribution in [0.4, 0.5) is 0 Å². The number of carbonyl (C=O) groups is 1. The molecule has 2 aromatic heterocycles. The van der Waals surface area contributed by atoms with Crippen molar-refractivity contribution >= 4 is 17.2 Å². The van der Waals surface area contributed by atoms with Gasteiger partial charge in [-0.05, 0) is 5.56 Å². The Labute approximate surface area is 131 Å². The van der Waals surface area contributed by atoms with Crippen molar-refractivity contribution in [3.8, 4) is 10.8 Å². The average Bonchev–Trinajstić information content (AvgIpc) is 3.17. The summed E-state index contributed by atoms with van der Waals surface area (Å²) < 4.78 is 5.72. The zero-order valence-electron chi connectivity index (χ0n) is 11.7. The Balaban J connectivity index is 1.73. The molecular formula is C15H14N4O2S. The number of nitrogens with two attached hydrogens (primary N) is 1. The molecule has 112 valence electrons. The van der Waals surface area contributed by atoms with Crippen LogP contribution in [-0.4, -0.2) is 27.5 Å². The third kappa shape index (κ3) is 3.15. The van der Waals surface area contributed by atoms with Crippen molar-refractivity contribution in [2.45, 2.75) is 6.42 Å². The van der Waals surface area contributed by atoms with E-state index in [1.807, 2.05) is 30.3 Å². The first-order chi connectivity index (χ1) is 10.7. The van der Waals surface area contributed by atoms with Crippen LogP contribution in [0, 0.1) is 0 Å². The molecule has 0 atom stereocenters. The lowest BCUT2D eigenvalue weighted by Gasteiger charge is -2.05. The minimum Gasteiger partial charge on any atom is -0.491 e. The van der Waals surface area contributed by atoms with Gasteiger partial charge in [-0.25, -0.2) is 0 Å². The van der Waals surface area contributed by atoms with Gasteiger partial charge < -0.3 is 10.5 Å². The van der Waals surface area contributed by atoms with Crippen molar-refractivity contribution in [3.63, 3.8) is 0 Å². The normalized spacial score (nSPS) is 10.5. The van der Waals surface area contributed by atoms with Crippen molar-refractivity contribution < 1.29 is 9.53 Å². The summed E-state index contributed by atoms with van der Waals surface area (Å²) in [5.74, 6) is -0.0427. The molecule has 6 nitrogen and oxygen atoms in total. The number of amides is 1. The largest absolute Gasteiger partial charge is 0.491 e. The SMILES string of the molecule is NC(=O)c1sc(-n2nccn2)cc1OCCc1ccccc1. The van der Waals surface area contributed by atoms with Gasteiger partial charge in [-0.15, -0.1) is 16.1 Å². The molecule has 1 amide bonds. The molecule has 0 saturated carbocycles. The number of carbonyl (C=O) groups excluding carboxylic acids is 1. The van der Waals surface area contributed by atoms with Gasteiger partial charge in [0.15, 0.2) is 0 Å². The van der Waals surface area contributed by atoms with Gasteiger partial charge in [-0.2, -0.15) is 10.2 Å². The van der Waals surface area contributed by atoms with E-state index in [-0.39, 0.29) is 0 Å². The third-order valence-corrected chi connectivity index (χ3v) is 4.11. The van der Waals surface area contributed by atoms with E-state index in [9.17, 15) is 4.79 Å². The molecule has 0 saturated heterocycles. The van der Waals surface area contributed by atoms with Crippen molar-refractivity contribution in [1.29, 1.82) is 0 Å². The fraction of sp³-hybridized carbons (Fsp3) is 0.133. The summed E-state index contributed by atoms with van der Waals surface area (Å²) in [5, 5.41) is 8.76. The highest BCUT2D eigenvalue weighted by Crippen LogP contribution is 2.31. The number of hydrogen-bond acceptors (Lipinski definition) is 5. The van der Waals surface area contributed by atoms with Crippen LogP contribution in [0.15, 0.2) is 48.8 Å². The second-order valence-corrected chi connectivity index (χ2v) is 5.58. The van der Waals surface area contributed by atoms with E-state index in [4.69, 9.17) is 10.5 Å². The quantitative estimate of drug-likeness (QED) is 0.755. The lowest BCUT2D eigenvalue weighted by molar-refractivity contribution is 0.100. The number of ether oxygens (including phenoxy) is 1. The van der Waals surface area contributed by atoms with Crippen molar-refractivity contribution in [2.24, 2.45) is 5.73 Å². The summed E-state index contributed by atoms with van der Waals surface area (Å²) in [6.07, 6.45) is 3.89. The highest BCUT2D eigenvalue weighted by atomic mass is 32.1. The minimum absolute atomic E-state index is 0.375. The Morgan fingerprint density at radius 3 is 2.64 bits per heavy atom. The van der Waals surface area contributed by atoms with Gasteiger partial charge in [0.1, 0.15) is 15.6 Å². The standard InChI is InChI=1S/C15H14N4O2S/c16-15(20)14-12(10-13(22-14)19-17-7-8-18-19)21-9-6-11-4-2-1-3-5-11/h1-5,7-8,10H,6,9H2,(H2,16,20). The average molecular weight is 314 g/mol. The first-order valence-corrected chi connectivity index (χ1v) is 7.53. The van der Waals surface area contributed by atoms with Crippen LogP contribution >= 0.6 is 11.3 Å². The third-order valence-electron chi connectivity index (χ3n) is 3.02. The Morgan fingerprint density at radius 2 is 1.95 bits per heavy atom. The van der Waals surface area contributed by atoms with Crippen LogP contribution in [0.1, 0.15) is 15.2 Å². The molecule has 22 heavy (non-hydrogen) atoms. The van der Waals surface area contributed by atoms with Gasteiger partial charge in [0, 0.05) is 12.5 Å². The molecule has 3 aromatic rings. The molecule has 1 aromatic carbocycles. The molecule has 0 fully saturated rings. The number of aromatic nitrogens is 3. The molecular weight excluding hydrogens is 300 g/mol. The van der Waals surface area contributed by atoms with E-state index in [0.29, 0.717) is 22.2 Å². The molecule has 0 aliphatic rings. The maximum Gasteiger partial charge on any atom is 0.262 e. The predicted octanol–water partition coefficient (Wildman–Crippen LogP) is 2.05. The zero-order chi connectivity index (χ0) is 15.4. The molecule has 3 rings (SSSR count). The highest BCUT2D eigenvalue weighted by Gasteiger charge is 2.17. The molecule has 2 heterocycles. The van der Waals surface area contributed by atoms with Gasteiger partial charge >= 0.3 is 0 Å². The van der Waals surface area contributed by atoms with E-state index in [2.05, 4.69) is 10.2 Å². The number of hydrogen-bond donors (Lipinski definition) is 1. The lowest BCUT2D eigenvalue weighted by Crippen LogP contribution is -2.11. The molecule has 2 N–H and O–H groups in total. The number of nitrogens with zero attached hydrogens (tertiary/aromatic N) is 3. The van der Waals surface area contributed by atoms with E-state index in [0.717, 1.165) is 6.42 Å². The highest BCUT2D eigenvalue weighted by molar-refractivity contribution is 7.16. The molecule has 0 spiro atoms. The van der Waals surface area contributed by atoms with E-state index >= 15 is 0 Å². The second-order valence-electron chi connectivity index (χ2n) is 4.54. The summed E-state index contributed by atoms with van der Waals surface area (Å²) in [4.78, 5) is 13.3. The number of thiophene rings is 1. The summed E-state index contributed by atoms with van der Waals surface area (Å²) in [5.41, 5.74) is 6.58. The Morgan fingerprint density at radius 1 is 1.23 bits per heavy atom. The van der Waals surface area contributed by atoms with E-state index in [1.165, 1.54) is 21.7 Å². The lowest BCUT2D eigenvalue weighted by atomic mass is 10.2. The van der Waals surface area contributed by atoms with E-state index in [1.54, 1.807) is 18.5 Å². The van der Waals surface area contributed by atoms with Crippen LogP contribution in [0.2, 0.25) is 0 Å². The Bertz CT molecular complexity index is 753. The summed E-state index contributed by atoms with van der Waals surface area (Å²) in [6, 6.07) is 11.7. The fourth-order valence-electron chi connectivity index (χ4n) is 1.99. The number of benzene rings is 1.